The Morgan fingerprint density at radius 1 is 1.64 bits per heavy atom. The van der Waals surface area contributed by atoms with E-state index in [1.165, 1.54) is 16.4 Å². The Hall–Kier alpha value is -0.480. The summed E-state index contributed by atoms with van der Waals surface area (Å²) < 4.78 is 3.82. The molecule has 4 heteroatoms. The Morgan fingerprint density at radius 2 is 2.36 bits per heavy atom. The lowest BCUT2D eigenvalue weighted by Crippen LogP contribution is -2.03. The highest BCUT2D eigenvalue weighted by molar-refractivity contribution is 7.05. The fourth-order valence-electron chi connectivity index (χ4n) is 0.819. The van der Waals surface area contributed by atoms with Crippen molar-refractivity contribution in [2.24, 2.45) is 5.92 Å². The topological polar surface area (TPSA) is 46.0 Å². The monoisotopic (exact) mass is 172 g/mol. The van der Waals surface area contributed by atoms with E-state index in [1.807, 2.05) is 13.8 Å². The van der Waals surface area contributed by atoms with Crippen LogP contribution in [-0.2, 0) is 6.42 Å². The number of hydrogen-bond donors (Lipinski definition) is 1. The lowest BCUT2D eigenvalue weighted by molar-refractivity contribution is 0.237. The van der Waals surface area contributed by atoms with Gasteiger partial charge >= 0.3 is 0 Å². The molecule has 1 aromatic heterocycles. The zero-order valence-electron chi connectivity index (χ0n) is 6.74. The smallest absolute Gasteiger partial charge is 0.0756 e. The molecule has 0 spiro atoms. The first-order valence-electron chi connectivity index (χ1n) is 3.62. The molecule has 0 aliphatic rings. The van der Waals surface area contributed by atoms with E-state index in [-0.39, 0.29) is 6.61 Å². The fourth-order valence-corrected chi connectivity index (χ4v) is 1.61. The average molecular weight is 172 g/mol. The van der Waals surface area contributed by atoms with Crippen molar-refractivity contribution in [3.05, 3.63) is 10.6 Å². The molecule has 62 valence electrons. The molecule has 0 saturated heterocycles. The molecule has 1 heterocycles. The van der Waals surface area contributed by atoms with Crippen LogP contribution in [0.3, 0.4) is 0 Å². The van der Waals surface area contributed by atoms with Crippen LogP contribution in [0, 0.1) is 12.8 Å². The van der Waals surface area contributed by atoms with Gasteiger partial charge in [-0.15, -0.1) is 5.10 Å². The van der Waals surface area contributed by atoms with Crippen molar-refractivity contribution in [1.29, 1.82) is 0 Å². The number of hydrogen-bond acceptors (Lipinski definition) is 4. The van der Waals surface area contributed by atoms with E-state index >= 15 is 0 Å². The van der Waals surface area contributed by atoms with Gasteiger partial charge in [0.05, 0.1) is 5.69 Å². The molecule has 0 aromatic carbocycles. The van der Waals surface area contributed by atoms with Gasteiger partial charge in [0.25, 0.3) is 0 Å². The van der Waals surface area contributed by atoms with Crippen LogP contribution in [0.4, 0.5) is 0 Å². The quantitative estimate of drug-likeness (QED) is 0.740. The van der Waals surface area contributed by atoms with Crippen molar-refractivity contribution in [2.45, 2.75) is 20.3 Å². The highest BCUT2D eigenvalue weighted by Crippen LogP contribution is 2.14. The van der Waals surface area contributed by atoms with Crippen LogP contribution in [-0.4, -0.2) is 21.3 Å². The Morgan fingerprint density at radius 3 is 2.82 bits per heavy atom. The Balaban J connectivity index is 2.56. The summed E-state index contributed by atoms with van der Waals surface area (Å²) in [6, 6.07) is 0. The zero-order valence-corrected chi connectivity index (χ0v) is 7.56. The first-order valence-corrected chi connectivity index (χ1v) is 4.40. The number of rotatable bonds is 3. The van der Waals surface area contributed by atoms with Crippen LogP contribution in [0.15, 0.2) is 0 Å². The van der Waals surface area contributed by atoms with Crippen LogP contribution in [0.25, 0.3) is 0 Å². The summed E-state index contributed by atoms with van der Waals surface area (Å²) in [6.07, 6.45) is 0.889. The molecule has 1 N–H and O–H groups in total. The molecule has 0 amide bonds. The molecule has 11 heavy (non-hydrogen) atoms. The van der Waals surface area contributed by atoms with Gasteiger partial charge in [0.15, 0.2) is 0 Å². The lowest BCUT2D eigenvalue weighted by Gasteiger charge is -2.03. The third-order valence-corrected chi connectivity index (χ3v) is 2.44. The van der Waals surface area contributed by atoms with Gasteiger partial charge in [0, 0.05) is 11.5 Å². The molecule has 0 radical (unpaired) electrons. The molecule has 3 nitrogen and oxygen atoms in total. The van der Waals surface area contributed by atoms with E-state index in [4.69, 9.17) is 5.11 Å². The summed E-state index contributed by atoms with van der Waals surface area (Å²) in [5, 5.41) is 12.7. The standard InChI is InChI=1S/C7H12N2OS/c1-5(4-10)3-7-6(2)8-9-11-7/h5,10H,3-4H2,1-2H3. The second kappa shape index (κ2) is 3.78. The first kappa shape index (κ1) is 8.62. The highest BCUT2D eigenvalue weighted by atomic mass is 32.1. The summed E-state index contributed by atoms with van der Waals surface area (Å²) in [5.74, 6) is 0.316. The Bertz CT molecular complexity index is 224. The summed E-state index contributed by atoms with van der Waals surface area (Å²) >= 11 is 1.42. The van der Waals surface area contributed by atoms with Crippen molar-refractivity contribution in [3.8, 4) is 0 Å². The van der Waals surface area contributed by atoms with Crippen LogP contribution in [0.5, 0.6) is 0 Å². The minimum absolute atomic E-state index is 0.233. The molecule has 1 atom stereocenters. The Kier molecular flexibility index (Phi) is 2.96. The second-order valence-electron chi connectivity index (χ2n) is 2.77. The largest absolute Gasteiger partial charge is 0.396 e. The zero-order chi connectivity index (χ0) is 8.27. The Labute approximate surface area is 70.2 Å². The van der Waals surface area contributed by atoms with E-state index in [0.717, 1.165) is 12.1 Å². The first-order chi connectivity index (χ1) is 5.24. The molecule has 1 unspecified atom stereocenters. The molecular weight excluding hydrogens is 160 g/mol. The molecule has 0 fully saturated rings. The molecule has 1 rings (SSSR count). The third kappa shape index (κ3) is 2.24. The van der Waals surface area contributed by atoms with Crippen LogP contribution in [0.2, 0.25) is 0 Å². The van der Waals surface area contributed by atoms with Crippen LogP contribution < -0.4 is 0 Å². The van der Waals surface area contributed by atoms with E-state index < -0.39 is 0 Å². The molecular formula is C7H12N2OS. The predicted octanol–water partition coefficient (Wildman–Crippen LogP) is 1.02. The van der Waals surface area contributed by atoms with Crippen LogP contribution >= 0.6 is 11.5 Å². The molecule has 0 bridgehead atoms. The van der Waals surface area contributed by atoms with Gasteiger partial charge in [-0.25, -0.2) is 0 Å². The number of aryl methyl sites for hydroxylation is 1. The maximum Gasteiger partial charge on any atom is 0.0756 e. The van der Waals surface area contributed by atoms with Crippen molar-refractivity contribution in [2.75, 3.05) is 6.61 Å². The van der Waals surface area contributed by atoms with E-state index in [1.54, 1.807) is 0 Å². The van der Waals surface area contributed by atoms with Crippen molar-refractivity contribution >= 4 is 11.5 Å². The van der Waals surface area contributed by atoms with Crippen LogP contribution in [0.1, 0.15) is 17.5 Å². The molecule has 0 aliphatic carbocycles. The fraction of sp³-hybridized carbons (Fsp3) is 0.714. The lowest BCUT2D eigenvalue weighted by atomic mass is 10.1. The van der Waals surface area contributed by atoms with Gasteiger partial charge in [-0.2, -0.15) is 0 Å². The minimum Gasteiger partial charge on any atom is -0.396 e. The second-order valence-corrected chi connectivity index (χ2v) is 3.61. The van der Waals surface area contributed by atoms with Crippen molar-refractivity contribution in [1.82, 2.24) is 9.59 Å². The van der Waals surface area contributed by atoms with Gasteiger partial charge in [0.2, 0.25) is 0 Å². The van der Waals surface area contributed by atoms with Gasteiger partial charge < -0.3 is 5.11 Å². The predicted molar refractivity (Wildman–Crippen MR) is 44.6 cm³/mol. The van der Waals surface area contributed by atoms with E-state index in [0.29, 0.717) is 5.92 Å². The number of aliphatic hydroxyl groups excluding tert-OH is 1. The number of nitrogens with zero attached hydrogens (tertiary/aromatic N) is 2. The normalized spacial score (nSPS) is 13.4. The maximum absolute atomic E-state index is 8.79. The van der Waals surface area contributed by atoms with Crippen molar-refractivity contribution < 1.29 is 5.11 Å². The summed E-state index contributed by atoms with van der Waals surface area (Å²) in [5.41, 5.74) is 0.996. The van der Waals surface area contributed by atoms with Gasteiger partial charge in [-0.05, 0) is 30.8 Å². The van der Waals surface area contributed by atoms with Gasteiger partial charge in [-0.1, -0.05) is 11.4 Å². The molecule has 0 aliphatic heterocycles. The van der Waals surface area contributed by atoms with Gasteiger partial charge in [0.1, 0.15) is 0 Å². The highest BCUT2D eigenvalue weighted by Gasteiger charge is 2.07. The summed E-state index contributed by atoms with van der Waals surface area (Å²) in [6.45, 7) is 4.19. The number of aromatic nitrogens is 2. The van der Waals surface area contributed by atoms with E-state index in [2.05, 4.69) is 9.59 Å². The molecule has 0 saturated carbocycles. The minimum atomic E-state index is 0.233. The average Bonchev–Trinajstić information content (AvgIpc) is 2.37. The summed E-state index contributed by atoms with van der Waals surface area (Å²) in [7, 11) is 0. The SMILES string of the molecule is Cc1nnsc1CC(C)CO. The summed E-state index contributed by atoms with van der Waals surface area (Å²) in [4.78, 5) is 1.19. The van der Waals surface area contributed by atoms with Gasteiger partial charge in [-0.3, -0.25) is 0 Å². The third-order valence-electron chi connectivity index (χ3n) is 1.59. The molecule has 1 aromatic rings. The maximum atomic E-state index is 8.79. The van der Waals surface area contributed by atoms with E-state index in [9.17, 15) is 0 Å². The van der Waals surface area contributed by atoms with Crippen molar-refractivity contribution in [3.63, 3.8) is 0 Å². The number of aliphatic hydroxyl groups is 1.